The topological polar surface area (TPSA) is 71.5 Å². The number of carbonyl (C=O) groups excluding carboxylic acids is 2. The van der Waals surface area contributed by atoms with Gasteiger partial charge in [-0.3, -0.25) is 4.98 Å². The Morgan fingerprint density at radius 3 is 2.48 bits per heavy atom. The minimum absolute atomic E-state index is 0.176. The van der Waals surface area contributed by atoms with Crippen LogP contribution in [0.1, 0.15) is 55.4 Å². The van der Waals surface area contributed by atoms with Crippen LogP contribution < -0.4 is 5.32 Å². The van der Waals surface area contributed by atoms with Crippen LogP contribution in [0.2, 0.25) is 0 Å². The number of unbranched alkanes of at least 4 members (excludes halogenated alkanes) is 1. The number of amides is 2. The Labute approximate surface area is 138 Å². The lowest BCUT2D eigenvalue weighted by Gasteiger charge is -2.22. The van der Waals surface area contributed by atoms with Crippen LogP contribution in [0.15, 0.2) is 6.07 Å². The monoisotopic (exact) mass is 321 g/mol. The molecule has 1 heterocycles. The van der Waals surface area contributed by atoms with Crippen molar-refractivity contribution in [3.63, 3.8) is 0 Å². The molecule has 0 fully saturated rings. The van der Waals surface area contributed by atoms with Crippen LogP contribution in [0.4, 0.5) is 10.5 Å². The highest BCUT2D eigenvalue weighted by atomic mass is 16.5. The highest BCUT2D eigenvalue weighted by Crippen LogP contribution is 2.19. The van der Waals surface area contributed by atoms with E-state index in [1.807, 2.05) is 6.92 Å². The number of hydrogen-bond acceptors (Lipinski definition) is 4. The Hall–Kier alpha value is -2.11. The first-order chi connectivity index (χ1) is 10.9. The number of nitrogens with zero attached hydrogens (tertiary/aromatic N) is 2. The standard InChI is InChI=1S/C17H27N3O3/c1-6-9-10-20(7-2)17(22)19-15-11-14(16(21)23-8-3)12(4)18-13(15)5/h11H,6-10H2,1-5H3,(H,19,22). The normalized spacial score (nSPS) is 10.3. The summed E-state index contributed by atoms with van der Waals surface area (Å²) in [6.07, 6.45) is 1.99. The smallest absolute Gasteiger partial charge is 0.340 e. The van der Waals surface area contributed by atoms with E-state index in [1.54, 1.807) is 31.7 Å². The number of aromatic nitrogens is 1. The second kappa shape index (κ2) is 9.12. The zero-order valence-corrected chi connectivity index (χ0v) is 14.7. The molecule has 6 heteroatoms. The maximum atomic E-state index is 12.4. The Balaban J connectivity index is 2.96. The van der Waals surface area contributed by atoms with Gasteiger partial charge >= 0.3 is 12.0 Å². The summed E-state index contributed by atoms with van der Waals surface area (Å²) in [5.41, 5.74) is 2.19. The van der Waals surface area contributed by atoms with Gasteiger partial charge in [-0.25, -0.2) is 9.59 Å². The van der Waals surface area contributed by atoms with Gasteiger partial charge in [0.05, 0.1) is 29.2 Å². The number of carbonyl (C=O) groups is 2. The van der Waals surface area contributed by atoms with Crippen molar-refractivity contribution in [2.24, 2.45) is 0 Å². The lowest BCUT2D eigenvalue weighted by Crippen LogP contribution is -2.35. The molecule has 1 N–H and O–H groups in total. The van der Waals surface area contributed by atoms with Gasteiger partial charge in [0.1, 0.15) is 0 Å². The molecule has 6 nitrogen and oxygen atoms in total. The van der Waals surface area contributed by atoms with Crippen molar-refractivity contribution in [2.75, 3.05) is 25.0 Å². The second-order valence-electron chi connectivity index (χ2n) is 5.34. The number of urea groups is 1. The molecular weight excluding hydrogens is 294 g/mol. The first kappa shape index (κ1) is 18.9. The van der Waals surface area contributed by atoms with Crippen LogP contribution in [0, 0.1) is 13.8 Å². The van der Waals surface area contributed by atoms with Crippen LogP contribution in [0.25, 0.3) is 0 Å². The molecule has 1 aromatic rings. The molecule has 0 aliphatic rings. The number of rotatable bonds is 7. The number of pyridine rings is 1. The van der Waals surface area contributed by atoms with Crippen LogP contribution in [0.3, 0.4) is 0 Å². The van der Waals surface area contributed by atoms with E-state index in [1.165, 1.54) is 0 Å². The Morgan fingerprint density at radius 2 is 1.91 bits per heavy atom. The van der Waals surface area contributed by atoms with Gasteiger partial charge in [-0.15, -0.1) is 0 Å². The van der Waals surface area contributed by atoms with Crippen LogP contribution in [-0.2, 0) is 4.74 Å². The third-order valence-electron chi connectivity index (χ3n) is 3.59. The third kappa shape index (κ3) is 5.23. The molecule has 0 saturated heterocycles. The molecule has 0 atom stereocenters. The van der Waals surface area contributed by atoms with E-state index in [4.69, 9.17) is 4.74 Å². The zero-order chi connectivity index (χ0) is 17.4. The fourth-order valence-electron chi connectivity index (χ4n) is 2.21. The maximum absolute atomic E-state index is 12.4. The summed E-state index contributed by atoms with van der Waals surface area (Å²) < 4.78 is 5.03. The summed E-state index contributed by atoms with van der Waals surface area (Å²) in [4.78, 5) is 30.4. The molecule has 0 saturated carbocycles. The zero-order valence-electron chi connectivity index (χ0n) is 14.7. The molecule has 0 unspecified atom stereocenters. The second-order valence-corrected chi connectivity index (χ2v) is 5.34. The number of hydrogen-bond donors (Lipinski definition) is 1. The number of aryl methyl sites for hydroxylation is 2. The molecule has 0 aliphatic carbocycles. The predicted octanol–water partition coefficient (Wildman–Crippen LogP) is 3.53. The van der Waals surface area contributed by atoms with Crippen molar-refractivity contribution in [1.29, 1.82) is 0 Å². The number of ether oxygens (including phenoxy) is 1. The molecule has 2 amide bonds. The van der Waals surface area contributed by atoms with Crippen molar-refractivity contribution in [2.45, 2.75) is 47.5 Å². The van der Waals surface area contributed by atoms with Gasteiger partial charge in [-0.05, 0) is 40.2 Å². The molecule has 128 valence electrons. The highest BCUT2D eigenvalue weighted by Gasteiger charge is 2.17. The summed E-state index contributed by atoms with van der Waals surface area (Å²) in [5.74, 6) is -0.425. The quantitative estimate of drug-likeness (QED) is 0.780. The average Bonchev–Trinajstić information content (AvgIpc) is 2.50. The van der Waals surface area contributed by atoms with E-state index < -0.39 is 5.97 Å². The fraction of sp³-hybridized carbons (Fsp3) is 0.588. The number of anilines is 1. The van der Waals surface area contributed by atoms with Crippen LogP contribution >= 0.6 is 0 Å². The molecule has 0 radical (unpaired) electrons. The van der Waals surface area contributed by atoms with Crippen molar-refractivity contribution in [3.05, 3.63) is 23.0 Å². The molecule has 0 bridgehead atoms. The molecule has 0 aromatic carbocycles. The molecule has 1 rings (SSSR count). The van der Waals surface area contributed by atoms with Gasteiger partial charge in [-0.2, -0.15) is 0 Å². The van der Waals surface area contributed by atoms with E-state index in [0.29, 0.717) is 42.3 Å². The average molecular weight is 321 g/mol. The van der Waals surface area contributed by atoms with E-state index in [-0.39, 0.29) is 6.03 Å². The number of esters is 1. The van der Waals surface area contributed by atoms with Gasteiger partial charge in [0.15, 0.2) is 0 Å². The van der Waals surface area contributed by atoms with Crippen molar-refractivity contribution < 1.29 is 14.3 Å². The largest absolute Gasteiger partial charge is 0.462 e. The van der Waals surface area contributed by atoms with Gasteiger partial charge in [-0.1, -0.05) is 13.3 Å². The minimum Gasteiger partial charge on any atom is -0.462 e. The minimum atomic E-state index is -0.425. The van der Waals surface area contributed by atoms with E-state index >= 15 is 0 Å². The van der Waals surface area contributed by atoms with Gasteiger partial charge < -0.3 is 15.0 Å². The van der Waals surface area contributed by atoms with Crippen LogP contribution in [-0.4, -0.2) is 41.6 Å². The SMILES string of the molecule is CCCCN(CC)C(=O)Nc1cc(C(=O)OCC)c(C)nc1C. The molecular formula is C17H27N3O3. The lowest BCUT2D eigenvalue weighted by atomic mass is 10.1. The first-order valence-corrected chi connectivity index (χ1v) is 8.15. The van der Waals surface area contributed by atoms with Gasteiger partial charge in [0.2, 0.25) is 0 Å². The summed E-state index contributed by atoms with van der Waals surface area (Å²) in [7, 11) is 0. The van der Waals surface area contributed by atoms with Gasteiger partial charge in [0, 0.05) is 13.1 Å². The summed E-state index contributed by atoms with van der Waals surface area (Å²) in [6, 6.07) is 1.46. The highest BCUT2D eigenvalue weighted by molar-refractivity contribution is 5.95. The maximum Gasteiger partial charge on any atom is 0.340 e. The lowest BCUT2D eigenvalue weighted by molar-refractivity contribution is 0.0525. The van der Waals surface area contributed by atoms with E-state index in [9.17, 15) is 9.59 Å². The van der Waals surface area contributed by atoms with Crippen molar-refractivity contribution in [1.82, 2.24) is 9.88 Å². The van der Waals surface area contributed by atoms with E-state index in [0.717, 1.165) is 12.8 Å². The van der Waals surface area contributed by atoms with Crippen LogP contribution in [0.5, 0.6) is 0 Å². The van der Waals surface area contributed by atoms with Crippen molar-refractivity contribution in [3.8, 4) is 0 Å². The van der Waals surface area contributed by atoms with E-state index in [2.05, 4.69) is 17.2 Å². The summed E-state index contributed by atoms with van der Waals surface area (Å²) in [6.45, 7) is 11.0. The Kier molecular flexibility index (Phi) is 7.51. The van der Waals surface area contributed by atoms with Crippen molar-refractivity contribution >= 4 is 17.7 Å². The van der Waals surface area contributed by atoms with Gasteiger partial charge in [0.25, 0.3) is 0 Å². The molecule has 23 heavy (non-hydrogen) atoms. The molecule has 0 aliphatic heterocycles. The summed E-state index contributed by atoms with van der Waals surface area (Å²) >= 11 is 0. The predicted molar refractivity (Wildman–Crippen MR) is 90.8 cm³/mol. The molecule has 1 aromatic heterocycles. The first-order valence-electron chi connectivity index (χ1n) is 8.15. The number of nitrogens with one attached hydrogen (secondary N) is 1. The Bertz CT molecular complexity index is 558. The summed E-state index contributed by atoms with van der Waals surface area (Å²) in [5, 5.41) is 2.85. The Morgan fingerprint density at radius 1 is 1.22 bits per heavy atom. The fourth-order valence-corrected chi connectivity index (χ4v) is 2.21. The third-order valence-corrected chi connectivity index (χ3v) is 3.59. The molecule has 0 spiro atoms.